The molecular weight excluding hydrogens is 435 g/mol. The molecule has 0 fully saturated rings. The number of carbonyl (C=O) groups is 2. The summed E-state index contributed by atoms with van der Waals surface area (Å²) < 4.78 is 11.1. The summed E-state index contributed by atoms with van der Waals surface area (Å²) in [6.07, 6.45) is 3.06. The monoisotopic (exact) mass is 452 g/mol. The number of ether oxygens (including phenoxy) is 2. The number of allylic oxidation sites excluding steroid dienone is 1. The van der Waals surface area contributed by atoms with Gasteiger partial charge in [-0.1, -0.05) is 35.3 Å². The van der Waals surface area contributed by atoms with Gasteiger partial charge in [-0.3, -0.25) is 9.59 Å². The first-order chi connectivity index (χ1) is 15.0. The third-order valence-corrected chi connectivity index (χ3v) is 5.30. The van der Waals surface area contributed by atoms with Crippen LogP contribution >= 0.6 is 23.2 Å². The van der Waals surface area contributed by atoms with E-state index in [0.717, 1.165) is 16.7 Å². The van der Waals surface area contributed by atoms with E-state index in [4.69, 9.17) is 32.7 Å². The van der Waals surface area contributed by atoms with Gasteiger partial charge in [0, 0.05) is 27.6 Å². The topological polar surface area (TPSA) is 52.6 Å². The summed E-state index contributed by atoms with van der Waals surface area (Å²) in [7, 11) is 0. The van der Waals surface area contributed by atoms with Gasteiger partial charge < -0.3 is 9.47 Å². The number of benzene rings is 3. The molecule has 0 aromatic heterocycles. The highest BCUT2D eigenvalue weighted by atomic mass is 35.5. The van der Waals surface area contributed by atoms with E-state index < -0.39 is 0 Å². The summed E-state index contributed by atoms with van der Waals surface area (Å²) in [5.41, 5.74) is 4.07. The second kappa shape index (κ2) is 9.38. The van der Waals surface area contributed by atoms with Crippen LogP contribution in [0.25, 0.3) is 6.08 Å². The lowest BCUT2D eigenvalue weighted by atomic mass is 10.1. The maximum Gasteiger partial charge on any atom is 0.189 e. The second-order valence-corrected chi connectivity index (χ2v) is 7.98. The summed E-state index contributed by atoms with van der Waals surface area (Å²) in [5.74, 6) is 1.33. The van der Waals surface area contributed by atoms with Crippen molar-refractivity contribution in [3.05, 3.63) is 98.5 Å². The molecule has 3 aromatic rings. The van der Waals surface area contributed by atoms with Crippen LogP contribution in [0.15, 0.2) is 66.2 Å². The fourth-order valence-corrected chi connectivity index (χ4v) is 3.98. The summed E-state index contributed by atoms with van der Waals surface area (Å²) in [4.78, 5) is 23.1. The van der Waals surface area contributed by atoms with Crippen LogP contribution in [0.3, 0.4) is 0 Å². The molecule has 0 radical (unpaired) electrons. The summed E-state index contributed by atoms with van der Waals surface area (Å²) >= 11 is 12.1. The first-order valence-electron chi connectivity index (χ1n) is 9.64. The van der Waals surface area contributed by atoms with Gasteiger partial charge in [0.25, 0.3) is 0 Å². The SMILES string of the molecule is O=CCOc1ccc(COc2ccc3c(c2)C/C(=C\c2cc(Cl)cc(Cl)c2)C3=O)cc1. The number of Topliss-reactive ketones (excluding diaryl/α,β-unsaturated/α-hetero) is 1. The van der Waals surface area contributed by atoms with Crippen LogP contribution in [0.4, 0.5) is 0 Å². The van der Waals surface area contributed by atoms with Crippen molar-refractivity contribution in [3.8, 4) is 11.5 Å². The number of halogens is 2. The highest BCUT2D eigenvalue weighted by Crippen LogP contribution is 2.32. The average Bonchev–Trinajstić information content (AvgIpc) is 3.05. The van der Waals surface area contributed by atoms with Crippen molar-refractivity contribution in [1.82, 2.24) is 0 Å². The normalized spacial score (nSPS) is 13.9. The third kappa shape index (κ3) is 5.16. The molecule has 0 amide bonds. The molecule has 0 unspecified atom stereocenters. The van der Waals surface area contributed by atoms with E-state index in [0.29, 0.717) is 52.0 Å². The first-order valence-corrected chi connectivity index (χ1v) is 10.4. The number of fused-ring (bicyclic) bond motifs is 1. The Morgan fingerprint density at radius 3 is 2.29 bits per heavy atom. The van der Waals surface area contributed by atoms with Gasteiger partial charge in [-0.2, -0.15) is 0 Å². The number of carbonyl (C=O) groups excluding carboxylic acids is 2. The minimum absolute atomic E-state index is 0.00330. The number of hydrogen-bond donors (Lipinski definition) is 0. The highest BCUT2D eigenvalue weighted by molar-refractivity contribution is 6.34. The largest absolute Gasteiger partial charge is 0.489 e. The Bertz CT molecular complexity index is 1150. The standard InChI is InChI=1S/C25H18Cl2O4/c26-20-10-17(11-21(27)14-20)9-19-12-18-13-23(5-6-24(18)25(19)29)31-15-16-1-3-22(4-2-16)30-8-7-28/h1-7,9-11,13-14H,8,12,15H2/b19-9+. The van der Waals surface area contributed by atoms with E-state index in [1.807, 2.05) is 24.3 Å². The van der Waals surface area contributed by atoms with Gasteiger partial charge in [0.2, 0.25) is 0 Å². The molecule has 4 nitrogen and oxygen atoms in total. The molecule has 3 aromatic carbocycles. The number of rotatable bonds is 7. The number of ketones is 1. The number of hydrogen-bond acceptors (Lipinski definition) is 4. The van der Waals surface area contributed by atoms with Crippen LogP contribution in [0.5, 0.6) is 11.5 Å². The summed E-state index contributed by atoms with van der Waals surface area (Å²) in [6, 6.07) is 18.1. The molecule has 0 spiro atoms. The minimum Gasteiger partial charge on any atom is -0.489 e. The molecule has 0 saturated heterocycles. The Morgan fingerprint density at radius 1 is 0.871 bits per heavy atom. The highest BCUT2D eigenvalue weighted by Gasteiger charge is 2.25. The van der Waals surface area contributed by atoms with Gasteiger partial charge in [0.05, 0.1) is 0 Å². The molecule has 1 aliphatic carbocycles. The summed E-state index contributed by atoms with van der Waals surface area (Å²) in [5, 5.41) is 1.06. The fourth-order valence-electron chi connectivity index (χ4n) is 3.44. The number of aldehydes is 1. The van der Waals surface area contributed by atoms with E-state index >= 15 is 0 Å². The quantitative estimate of drug-likeness (QED) is 0.327. The van der Waals surface area contributed by atoms with Crippen molar-refractivity contribution in [1.29, 1.82) is 0 Å². The first kappa shape index (κ1) is 21.2. The molecule has 6 heteroatoms. The van der Waals surface area contributed by atoms with Crippen LogP contribution in [0, 0.1) is 0 Å². The Balaban J connectivity index is 1.44. The third-order valence-electron chi connectivity index (χ3n) is 4.87. The Hall–Kier alpha value is -3.08. The van der Waals surface area contributed by atoms with Gasteiger partial charge >= 0.3 is 0 Å². The van der Waals surface area contributed by atoms with E-state index in [-0.39, 0.29) is 12.4 Å². The zero-order valence-electron chi connectivity index (χ0n) is 16.4. The van der Waals surface area contributed by atoms with E-state index in [1.54, 1.807) is 42.5 Å². The van der Waals surface area contributed by atoms with Crippen molar-refractivity contribution in [2.45, 2.75) is 13.0 Å². The zero-order chi connectivity index (χ0) is 21.8. The molecule has 0 aliphatic heterocycles. The van der Waals surface area contributed by atoms with E-state index in [9.17, 15) is 9.59 Å². The van der Waals surface area contributed by atoms with E-state index in [2.05, 4.69) is 0 Å². The van der Waals surface area contributed by atoms with Crippen molar-refractivity contribution in [2.24, 2.45) is 0 Å². The van der Waals surface area contributed by atoms with Crippen LogP contribution in [0.1, 0.15) is 27.0 Å². The van der Waals surface area contributed by atoms with Crippen molar-refractivity contribution in [2.75, 3.05) is 6.61 Å². The second-order valence-electron chi connectivity index (χ2n) is 7.11. The molecule has 0 atom stereocenters. The molecule has 0 saturated carbocycles. The van der Waals surface area contributed by atoms with Gasteiger partial charge in [0.15, 0.2) is 12.1 Å². The molecule has 156 valence electrons. The Kier molecular flexibility index (Phi) is 6.40. The molecule has 0 N–H and O–H groups in total. The minimum atomic E-state index is 0.00330. The summed E-state index contributed by atoms with van der Waals surface area (Å²) in [6.45, 7) is 0.412. The van der Waals surface area contributed by atoms with Gasteiger partial charge in [0.1, 0.15) is 24.7 Å². The van der Waals surface area contributed by atoms with Gasteiger partial charge in [-0.25, -0.2) is 0 Å². The molecular formula is C25H18Cl2O4. The zero-order valence-corrected chi connectivity index (χ0v) is 18.0. The molecule has 31 heavy (non-hydrogen) atoms. The predicted octanol–water partition coefficient (Wildman–Crippen LogP) is 5.97. The Morgan fingerprint density at radius 2 is 1.58 bits per heavy atom. The molecule has 4 rings (SSSR count). The lowest BCUT2D eigenvalue weighted by Gasteiger charge is -2.08. The molecule has 1 aliphatic rings. The van der Waals surface area contributed by atoms with Gasteiger partial charge in [-0.05, 0) is 71.3 Å². The predicted molar refractivity (Wildman–Crippen MR) is 121 cm³/mol. The van der Waals surface area contributed by atoms with E-state index in [1.165, 1.54) is 0 Å². The van der Waals surface area contributed by atoms with Crippen molar-refractivity contribution in [3.63, 3.8) is 0 Å². The molecule has 0 bridgehead atoms. The maximum absolute atomic E-state index is 12.8. The van der Waals surface area contributed by atoms with Crippen molar-refractivity contribution < 1.29 is 19.1 Å². The fraction of sp³-hybridized carbons (Fsp3) is 0.120. The molecule has 0 heterocycles. The average molecular weight is 453 g/mol. The maximum atomic E-state index is 12.8. The van der Waals surface area contributed by atoms with Crippen LogP contribution in [-0.4, -0.2) is 18.7 Å². The van der Waals surface area contributed by atoms with Gasteiger partial charge in [-0.15, -0.1) is 0 Å². The lowest BCUT2D eigenvalue weighted by molar-refractivity contribution is -0.109. The smallest absolute Gasteiger partial charge is 0.189 e. The van der Waals surface area contributed by atoms with Crippen molar-refractivity contribution >= 4 is 41.3 Å². The van der Waals surface area contributed by atoms with Crippen LogP contribution < -0.4 is 9.47 Å². The van der Waals surface area contributed by atoms with Crippen LogP contribution in [0.2, 0.25) is 10.0 Å². The van der Waals surface area contributed by atoms with Crippen LogP contribution in [-0.2, 0) is 17.8 Å². The lowest BCUT2D eigenvalue weighted by Crippen LogP contribution is -1.99. The Labute approximate surface area is 190 Å².